The second kappa shape index (κ2) is 9.56. The van der Waals surface area contributed by atoms with E-state index in [2.05, 4.69) is 5.32 Å². The molecule has 1 aromatic carbocycles. The number of hydrogen-bond acceptors (Lipinski definition) is 7. The van der Waals surface area contributed by atoms with E-state index in [-0.39, 0.29) is 6.42 Å². The van der Waals surface area contributed by atoms with Crippen molar-refractivity contribution < 1.29 is 28.6 Å². The molecule has 7 nitrogen and oxygen atoms in total. The zero-order chi connectivity index (χ0) is 21.6. The molecule has 1 heterocycles. The fourth-order valence-corrected chi connectivity index (χ4v) is 3.60. The second-order valence-electron chi connectivity index (χ2n) is 7.26. The highest BCUT2D eigenvalue weighted by molar-refractivity contribution is 7.15. The molecule has 0 saturated heterocycles. The Balaban J connectivity index is 2.16. The van der Waals surface area contributed by atoms with Crippen molar-refractivity contribution in [1.82, 2.24) is 5.32 Å². The van der Waals surface area contributed by atoms with Crippen LogP contribution in [0.15, 0.2) is 36.4 Å². The van der Waals surface area contributed by atoms with Crippen LogP contribution >= 0.6 is 11.3 Å². The van der Waals surface area contributed by atoms with E-state index < -0.39 is 29.7 Å². The van der Waals surface area contributed by atoms with Gasteiger partial charge in [-0.15, -0.1) is 11.3 Å². The first kappa shape index (κ1) is 22.4. The third-order valence-electron chi connectivity index (χ3n) is 3.81. The molecule has 29 heavy (non-hydrogen) atoms. The number of ether oxygens (including phenoxy) is 3. The van der Waals surface area contributed by atoms with Gasteiger partial charge in [-0.05, 0) is 50.6 Å². The van der Waals surface area contributed by atoms with Crippen molar-refractivity contribution in [2.24, 2.45) is 0 Å². The fraction of sp³-hybridized carbons (Fsp3) is 0.381. The van der Waals surface area contributed by atoms with E-state index in [9.17, 15) is 14.4 Å². The summed E-state index contributed by atoms with van der Waals surface area (Å²) in [7, 11) is 2.60. The summed E-state index contributed by atoms with van der Waals surface area (Å²) in [6.45, 7) is 5.23. The number of thiophene rings is 1. The number of carbonyl (C=O) groups excluding carboxylic acids is 3. The Hall–Kier alpha value is -2.87. The summed E-state index contributed by atoms with van der Waals surface area (Å²) in [6.07, 6.45) is -0.428. The lowest BCUT2D eigenvalue weighted by Gasteiger charge is -2.22. The molecular formula is C21H25NO6S. The van der Waals surface area contributed by atoms with Gasteiger partial charge < -0.3 is 19.5 Å². The Labute approximate surface area is 174 Å². The smallest absolute Gasteiger partial charge is 0.408 e. The average Bonchev–Trinajstić information content (AvgIpc) is 3.13. The molecule has 0 aliphatic rings. The van der Waals surface area contributed by atoms with Crippen LogP contribution in [0.5, 0.6) is 0 Å². The molecule has 0 aliphatic heterocycles. The van der Waals surface area contributed by atoms with Gasteiger partial charge >= 0.3 is 18.0 Å². The number of amides is 1. The van der Waals surface area contributed by atoms with Gasteiger partial charge in [-0.2, -0.15) is 0 Å². The first-order chi connectivity index (χ1) is 13.6. The molecule has 0 saturated carbocycles. The van der Waals surface area contributed by atoms with Crippen molar-refractivity contribution in [2.45, 2.75) is 38.8 Å². The summed E-state index contributed by atoms with van der Waals surface area (Å²) in [5.41, 5.74) is 0.642. The highest BCUT2D eigenvalue weighted by atomic mass is 32.1. The highest BCUT2D eigenvalue weighted by Crippen LogP contribution is 2.29. The minimum absolute atomic E-state index is 0.257. The molecule has 156 valence electrons. The molecule has 2 aromatic rings. The molecule has 0 spiro atoms. The number of hydrogen-bond donors (Lipinski definition) is 1. The monoisotopic (exact) mass is 419 g/mol. The number of benzene rings is 1. The molecule has 0 aliphatic carbocycles. The van der Waals surface area contributed by atoms with Gasteiger partial charge in [-0.1, -0.05) is 12.1 Å². The van der Waals surface area contributed by atoms with Gasteiger partial charge in [-0.25, -0.2) is 14.4 Å². The number of nitrogens with one attached hydrogen (secondary N) is 1. The minimum atomic E-state index is -0.872. The molecule has 8 heteroatoms. The third-order valence-corrected chi connectivity index (χ3v) is 4.97. The first-order valence-corrected chi connectivity index (χ1v) is 9.79. The molecule has 1 atom stereocenters. The van der Waals surface area contributed by atoms with E-state index in [1.54, 1.807) is 39.0 Å². The predicted octanol–water partition coefficient (Wildman–Crippen LogP) is 3.81. The molecule has 1 aromatic heterocycles. The number of alkyl carbamates (subject to hydrolysis) is 1. The van der Waals surface area contributed by atoms with Crippen LogP contribution in [-0.4, -0.2) is 43.9 Å². The van der Waals surface area contributed by atoms with Crippen LogP contribution in [0, 0.1) is 0 Å². The van der Waals surface area contributed by atoms with E-state index in [4.69, 9.17) is 14.2 Å². The molecule has 1 amide bonds. The molecule has 2 rings (SSSR count). The summed E-state index contributed by atoms with van der Waals surface area (Å²) in [4.78, 5) is 37.7. The summed E-state index contributed by atoms with van der Waals surface area (Å²) in [6, 6.07) is 10.00. The van der Waals surface area contributed by atoms with E-state index in [1.807, 2.05) is 18.2 Å². The molecule has 0 fully saturated rings. The van der Waals surface area contributed by atoms with Crippen molar-refractivity contribution in [3.63, 3.8) is 0 Å². The summed E-state index contributed by atoms with van der Waals surface area (Å²) < 4.78 is 14.8. The van der Waals surface area contributed by atoms with E-state index in [0.717, 1.165) is 15.3 Å². The third kappa shape index (κ3) is 6.60. The van der Waals surface area contributed by atoms with Crippen LogP contribution in [0.2, 0.25) is 0 Å². The quantitative estimate of drug-likeness (QED) is 0.566. The Morgan fingerprint density at radius 2 is 1.79 bits per heavy atom. The Bertz CT molecular complexity index is 883. The number of methoxy groups -OCH3 is 2. The lowest BCUT2D eigenvalue weighted by molar-refractivity contribution is -0.143. The molecule has 0 radical (unpaired) electrons. The largest absolute Gasteiger partial charge is 0.467 e. The van der Waals surface area contributed by atoms with E-state index in [1.165, 1.54) is 25.6 Å². The zero-order valence-electron chi connectivity index (χ0n) is 17.1. The Kier molecular flexibility index (Phi) is 7.39. The van der Waals surface area contributed by atoms with Gasteiger partial charge in [0.1, 0.15) is 11.6 Å². The van der Waals surface area contributed by atoms with Crippen LogP contribution in [0.3, 0.4) is 0 Å². The topological polar surface area (TPSA) is 90.9 Å². The van der Waals surface area contributed by atoms with Gasteiger partial charge in [0.2, 0.25) is 0 Å². The maximum atomic E-state index is 12.1. The van der Waals surface area contributed by atoms with E-state index >= 15 is 0 Å². The number of rotatable bonds is 6. The Morgan fingerprint density at radius 3 is 2.41 bits per heavy atom. The zero-order valence-corrected chi connectivity index (χ0v) is 17.9. The van der Waals surface area contributed by atoms with Gasteiger partial charge in [-0.3, -0.25) is 0 Å². The highest BCUT2D eigenvalue weighted by Gasteiger charge is 2.26. The van der Waals surface area contributed by atoms with Gasteiger partial charge in [0.05, 0.1) is 19.8 Å². The normalized spacial score (nSPS) is 12.0. The van der Waals surface area contributed by atoms with Crippen molar-refractivity contribution in [1.29, 1.82) is 0 Å². The van der Waals surface area contributed by atoms with Crippen molar-refractivity contribution in [3.05, 3.63) is 46.8 Å². The van der Waals surface area contributed by atoms with Crippen LogP contribution in [-0.2, 0) is 25.4 Å². The van der Waals surface area contributed by atoms with Crippen molar-refractivity contribution >= 4 is 29.4 Å². The summed E-state index contributed by atoms with van der Waals surface area (Å²) in [5, 5.41) is 2.56. The van der Waals surface area contributed by atoms with E-state index in [0.29, 0.717) is 5.56 Å². The van der Waals surface area contributed by atoms with Crippen LogP contribution in [0.1, 0.15) is 36.0 Å². The van der Waals surface area contributed by atoms with Crippen LogP contribution in [0.25, 0.3) is 10.4 Å². The van der Waals surface area contributed by atoms with Crippen LogP contribution < -0.4 is 5.32 Å². The molecule has 0 unspecified atom stereocenters. The van der Waals surface area contributed by atoms with Gasteiger partial charge in [0, 0.05) is 16.2 Å². The maximum Gasteiger partial charge on any atom is 0.408 e. The molecular weight excluding hydrogens is 394 g/mol. The molecule has 1 N–H and O–H groups in total. The van der Waals surface area contributed by atoms with Crippen molar-refractivity contribution in [3.8, 4) is 10.4 Å². The van der Waals surface area contributed by atoms with Gasteiger partial charge in [0.15, 0.2) is 0 Å². The lowest BCUT2D eigenvalue weighted by Crippen LogP contribution is -2.45. The summed E-state index contributed by atoms with van der Waals surface area (Å²) in [5.74, 6) is -0.963. The fourth-order valence-electron chi connectivity index (χ4n) is 2.55. The average molecular weight is 419 g/mol. The number of esters is 2. The molecule has 0 bridgehead atoms. The maximum absolute atomic E-state index is 12.1. The second-order valence-corrected chi connectivity index (χ2v) is 8.43. The van der Waals surface area contributed by atoms with Crippen molar-refractivity contribution in [2.75, 3.05) is 14.2 Å². The number of carbonyl (C=O) groups is 3. The first-order valence-electron chi connectivity index (χ1n) is 8.97. The standard InChI is InChI=1S/C21H25NO6S/c1-21(2,3)28-20(25)22-16(19(24)27-5)12-15-9-10-17(29-15)13-7-6-8-14(11-13)18(23)26-4/h6-11,16H,12H2,1-5H3,(H,22,25)/t16-/m0/s1. The SMILES string of the molecule is COC(=O)c1cccc(-c2ccc(C[C@H](NC(=O)OC(C)(C)C)C(=O)OC)s2)c1. The Morgan fingerprint density at radius 1 is 1.07 bits per heavy atom. The predicted molar refractivity (Wildman–Crippen MR) is 110 cm³/mol. The van der Waals surface area contributed by atoms with Crippen LogP contribution in [0.4, 0.5) is 4.79 Å². The summed E-state index contributed by atoms with van der Waals surface area (Å²) >= 11 is 1.46. The van der Waals surface area contributed by atoms with Gasteiger partial charge in [0.25, 0.3) is 0 Å². The lowest BCUT2D eigenvalue weighted by atomic mass is 10.1. The minimum Gasteiger partial charge on any atom is -0.467 e.